The molecule has 8 heteroatoms. The van der Waals surface area contributed by atoms with Gasteiger partial charge in [0.05, 0.1) is 17.3 Å². The zero-order chi connectivity index (χ0) is 15.4. The molecule has 0 radical (unpaired) electrons. The number of carboxylic acids is 1. The van der Waals surface area contributed by atoms with E-state index in [0.717, 1.165) is 11.3 Å². The predicted octanol–water partition coefficient (Wildman–Crippen LogP) is 3.95. The second kappa shape index (κ2) is 6.98. The van der Waals surface area contributed by atoms with Gasteiger partial charge in [0.25, 0.3) is 0 Å². The monoisotopic (exact) mass is 346 g/mol. The summed E-state index contributed by atoms with van der Waals surface area (Å²) in [5.74, 6) is -0.424. The highest BCUT2D eigenvalue weighted by Gasteiger charge is 2.13. The molecule has 2 rings (SSSR count). The highest BCUT2D eigenvalue weighted by molar-refractivity contribution is 7.17. The lowest BCUT2D eigenvalue weighted by atomic mass is 10.3. The van der Waals surface area contributed by atoms with Gasteiger partial charge in [0.1, 0.15) is 17.2 Å². The molecular formula is C13H12Cl2N2O3S. The molecule has 2 aromatic rings. The van der Waals surface area contributed by atoms with E-state index < -0.39 is 5.97 Å². The number of hydrogen-bond donors (Lipinski definition) is 2. The first-order valence-electron chi connectivity index (χ1n) is 6.00. The number of thiazole rings is 1. The van der Waals surface area contributed by atoms with Crippen LogP contribution in [0.25, 0.3) is 0 Å². The molecule has 21 heavy (non-hydrogen) atoms. The molecule has 1 aromatic heterocycles. The highest BCUT2D eigenvalue weighted by Crippen LogP contribution is 2.27. The van der Waals surface area contributed by atoms with Crippen LogP contribution in [-0.4, -0.2) is 29.2 Å². The lowest BCUT2D eigenvalue weighted by molar-refractivity contribution is 0.0701. The van der Waals surface area contributed by atoms with Gasteiger partial charge in [-0.1, -0.05) is 34.5 Å². The molecule has 1 aromatic carbocycles. The number of aromatic carboxylic acids is 1. The Hall–Kier alpha value is -1.50. The number of anilines is 1. The summed E-state index contributed by atoms with van der Waals surface area (Å²) in [5, 5.41) is 13.5. The number of ether oxygens (including phenoxy) is 1. The number of benzene rings is 1. The van der Waals surface area contributed by atoms with Gasteiger partial charge in [-0.2, -0.15) is 0 Å². The Morgan fingerprint density at radius 1 is 1.48 bits per heavy atom. The van der Waals surface area contributed by atoms with Crippen LogP contribution in [0, 0.1) is 6.92 Å². The lowest BCUT2D eigenvalue weighted by Crippen LogP contribution is -2.11. The summed E-state index contributed by atoms with van der Waals surface area (Å²) in [7, 11) is 0. The number of aryl methyl sites for hydroxylation is 1. The van der Waals surface area contributed by atoms with Crippen LogP contribution in [-0.2, 0) is 0 Å². The molecule has 0 aliphatic rings. The van der Waals surface area contributed by atoms with Gasteiger partial charge in [-0.3, -0.25) is 0 Å². The summed E-state index contributed by atoms with van der Waals surface area (Å²) >= 11 is 12.9. The third kappa shape index (κ3) is 4.23. The first kappa shape index (κ1) is 15.9. The number of carbonyl (C=O) groups is 1. The predicted molar refractivity (Wildman–Crippen MR) is 84.3 cm³/mol. The second-order valence-corrected chi connectivity index (χ2v) is 5.93. The Balaban J connectivity index is 1.84. The Bertz CT molecular complexity index is 661. The summed E-state index contributed by atoms with van der Waals surface area (Å²) in [6.45, 7) is 2.50. The Morgan fingerprint density at radius 2 is 2.24 bits per heavy atom. The molecule has 0 aliphatic heterocycles. The first-order valence-corrected chi connectivity index (χ1v) is 7.57. The lowest BCUT2D eigenvalue weighted by Gasteiger charge is -2.08. The number of aromatic nitrogens is 1. The van der Waals surface area contributed by atoms with Crippen LogP contribution in [0.2, 0.25) is 10.0 Å². The summed E-state index contributed by atoms with van der Waals surface area (Å²) in [4.78, 5) is 15.3. The minimum absolute atomic E-state index is 0.235. The normalized spacial score (nSPS) is 10.4. The molecule has 0 unspecified atom stereocenters. The maximum Gasteiger partial charge on any atom is 0.347 e. The number of nitrogens with one attached hydrogen (secondary N) is 1. The molecule has 0 bridgehead atoms. The van der Waals surface area contributed by atoms with Crippen molar-refractivity contribution in [2.24, 2.45) is 0 Å². The van der Waals surface area contributed by atoms with Gasteiger partial charge >= 0.3 is 5.97 Å². The summed E-state index contributed by atoms with van der Waals surface area (Å²) < 4.78 is 5.51. The molecule has 0 saturated carbocycles. The maximum absolute atomic E-state index is 10.9. The molecule has 5 nitrogen and oxygen atoms in total. The van der Waals surface area contributed by atoms with Crippen LogP contribution in [0.4, 0.5) is 5.13 Å². The molecule has 1 heterocycles. The van der Waals surface area contributed by atoms with E-state index in [4.69, 9.17) is 33.0 Å². The zero-order valence-corrected chi connectivity index (χ0v) is 13.3. The minimum Gasteiger partial charge on any atom is -0.490 e. The van der Waals surface area contributed by atoms with E-state index in [1.54, 1.807) is 25.1 Å². The standard InChI is InChI=1S/C13H12Cl2N2O3S/c1-7-11(12(18)19)21-13(17-7)16-4-5-20-10-3-2-8(14)6-9(10)15/h2-3,6H,4-5H2,1H3,(H,16,17)(H,18,19). The number of nitrogens with zero attached hydrogens (tertiary/aromatic N) is 1. The fraction of sp³-hybridized carbons (Fsp3) is 0.231. The molecule has 112 valence electrons. The third-order valence-corrected chi connectivity index (χ3v) is 4.15. The van der Waals surface area contributed by atoms with Crippen molar-refractivity contribution >= 4 is 45.6 Å². The van der Waals surface area contributed by atoms with Crippen molar-refractivity contribution in [3.8, 4) is 5.75 Å². The van der Waals surface area contributed by atoms with E-state index in [1.807, 2.05) is 0 Å². The van der Waals surface area contributed by atoms with Gasteiger partial charge in [-0.15, -0.1) is 0 Å². The molecule has 0 amide bonds. The van der Waals surface area contributed by atoms with Crippen molar-refractivity contribution in [1.29, 1.82) is 0 Å². The number of halogens is 2. The largest absolute Gasteiger partial charge is 0.490 e. The van der Waals surface area contributed by atoms with E-state index in [9.17, 15) is 4.79 Å². The van der Waals surface area contributed by atoms with Gasteiger partial charge < -0.3 is 15.2 Å². The minimum atomic E-state index is -0.970. The van der Waals surface area contributed by atoms with Crippen LogP contribution in [0.5, 0.6) is 5.75 Å². The summed E-state index contributed by atoms with van der Waals surface area (Å²) in [6, 6.07) is 5.00. The van der Waals surface area contributed by atoms with Crippen molar-refractivity contribution in [2.75, 3.05) is 18.5 Å². The molecule has 0 spiro atoms. The van der Waals surface area contributed by atoms with E-state index >= 15 is 0 Å². The van der Waals surface area contributed by atoms with Gasteiger partial charge in [-0.05, 0) is 25.1 Å². The highest BCUT2D eigenvalue weighted by atomic mass is 35.5. The quantitative estimate of drug-likeness (QED) is 0.775. The van der Waals surface area contributed by atoms with Gasteiger partial charge in [0.2, 0.25) is 0 Å². The third-order valence-electron chi connectivity index (χ3n) is 2.52. The molecule has 0 atom stereocenters. The fourth-order valence-electron chi connectivity index (χ4n) is 1.58. The van der Waals surface area contributed by atoms with E-state index in [2.05, 4.69) is 10.3 Å². The number of rotatable bonds is 6. The SMILES string of the molecule is Cc1nc(NCCOc2ccc(Cl)cc2Cl)sc1C(=O)O. The molecule has 0 saturated heterocycles. The topological polar surface area (TPSA) is 71.5 Å². The van der Waals surface area contributed by atoms with Crippen molar-refractivity contribution in [3.05, 3.63) is 38.8 Å². The average molecular weight is 347 g/mol. The van der Waals surface area contributed by atoms with E-state index in [-0.39, 0.29) is 4.88 Å². The summed E-state index contributed by atoms with van der Waals surface area (Å²) in [5.41, 5.74) is 0.497. The maximum atomic E-state index is 10.9. The number of hydrogen-bond acceptors (Lipinski definition) is 5. The van der Waals surface area contributed by atoms with Crippen LogP contribution < -0.4 is 10.1 Å². The van der Waals surface area contributed by atoms with E-state index in [1.165, 1.54) is 0 Å². The fourth-order valence-corrected chi connectivity index (χ4v) is 2.88. The van der Waals surface area contributed by atoms with Gasteiger partial charge in [-0.25, -0.2) is 9.78 Å². The van der Waals surface area contributed by atoms with Gasteiger partial charge in [0, 0.05) is 5.02 Å². The van der Waals surface area contributed by atoms with Crippen molar-refractivity contribution in [2.45, 2.75) is 6.92 Å². The first-order chi connectivity index (χ1) is 9.97. The van der Waals surface area contributed by atoms with Crippen LogP contribution in [0.3, 0.4) is 0 Å². The Morgan fingerprint density at radius 3 is 2.86 bits per heavy atom. The van der Waals surface area contributed by atoms with Crippen LogP contribution in [0.1, 0.15) is 15.4 Å². The van der Waals surface area contributed by atoms with Crippen LogP contribution in [0.15, 0.2) is 18.2 Å². The number of carboxylic acid groups (broad SMARTS) is 1. The molecule has 0 aliphatic carbocycles. The zero-order valence-electron chi connectivity index (χ0n) is 11.0. The smallest absolute Gasteiger partial charge is 0.347 e. The second-order valence-electron chi connectivity index (χ2n) is 4.09. The summed E-state index contributed by atoms with van der Waals surface area (Å²) in [6.07, 6.45) is 0. The Kier molecular flexibility index (Phi) is 5.27. The molecular weight excluding hydrogens is 335 g/mol. The van der Waals surface area contributed by atoms with Gasteiger partial charge in [0.15, 0.2) is 5.13 Å². The van der Waals surface area contributed by atoms with Crippen molar-refractivity contribution in [3.63, 3.8) is 0 Å². The van der Waals surface area contributed by atoms with Crippen molar-refractivity contribution < 1.29 is 14.6 Å². The molecule has 2 N–H and O–H groups in total. The van der Waals surface area contributed by atoms with Crippen molar-refractivity contribution in [1.82, 2.24) is 4.98 Å². The Labute approximate surface area is 135 Å². The molecule has 0 fully saturated rings. The van der Waals surface area contributed by atoms with E-state index in [0.29, 0.717) is 39.8 Å². The average Bonchev–Trinajstić information content (AvgIpc) is 2.78. The van der Waals surface area contributed by atoms with Crippen LogP contribution >= 0.6 is 34.5 Å².